The van der Waals surface area contributed by atoms with E-state index in [1.807, 2.05) is 6.07 Å². The second-order valence-electron chi connectivity index (χ2n) is 4.74. The second-order valence-corrected chi connectivity index (χ2v) is 6.42. The van der Waals surface area contributed by atoms with Crippen molar-refractivity contribution in [1.29, 1.82) is 5.26 Å². The molecule has 0 bridgehead atoms. The van der Waals surface area contributed by atoms with Crippen LogP contribution < -0.4 is 10.0 Å². The van der Waals surface area contributed by atoms with E-state index >= 15 is 0 Å². The number of fused-ring (bicyclic) bond motifs is 1. The highest BCUT2D eigenvalue weighted by atomic mass is 32.2. The number of rotatable bonds is 3. The van der Waals surface area contributed by atoms with Crippen LogP contribution >= 0.6 is 0 Å². The summed E-state index contributed by atoms with van der Waals surface area (Å²) in [5.41, 5.74) is 0.189. The first-order valence-corrected chi connectivity index (χ1v) is 7.34. The summed E-state index contributed by atoms with van der Waals surface area (Å²) in [6.07, 6.45) is 0. The molecular weight excluding hydrogens is 250 g/mol. The molecule has 0 spiro atoms. The molecule has 18 heavy (non-hydrogen) atoms. The summed E-state index contributed by atoms with van der Waals surface area (Å²) in [4.78, 5) is 0.0745. The summed E-state index contributed by atoms with van der Waals surface area (Å²) in [5, 5.41) is 12.2. The van der Waals surface area contributed by atoms with Gasteiger partial charge in [0.25, 0.3) is 0 Å². The molecule has 94 valence electrons. The van der Waals surface area contributed by atoms with Gasteiger partial charge >= 0.3 is 0 Å². The van der Waals surface area contributed by atoms with Gasteiger partial charge in [-0.15, -0.1) is 0 Å². The number of nitriles is 1. The van der Waals surface area contributed by atoms with E-state index in [-0.39, 0.29) is 16.5 Å². The molecule has 1 saturated carbocycles. The molecule has 1 aliphatic heterocycles. The minimum Gasteiger partial charge on any atom is -0.316 e. The van der Waals surface area contributed by atoms with Crippen molar-refractivity contribution in [3.8, 4) is 6.07 Å². The third kappa shape index (κ3) is 1.81. The lowest BCUT2D eigenvalue weighted by Gasteiger charge is -2.09. The maximum atomic E-state index is 12.2. The Balaban J connectivity index is 1.85. The molecular formula is C12H13N3O2S. The van der Waals surface area contributed by atoms with Crippen LogP contribution in [0.5, 0.6) is 0 Å². The largest absolute Gasteiger partial charge is 0.316 e. The molecule has 1 aliphatic carbocycles. The van der Waals surface area contributed by atoms with Crippen molar-refractivity contribution in [1.82, 2.24) is 10.0 Å². The first-order chi connectivity index (χ1) is 8.63. The number of hydrogen-bond acceptors (Lipinski definition) is 4. The number of nitrogens with zero attached hydrogens (tertiary/aromatic N) is 1. The number of nitrogens with one attached hydrogen (secondary N) is 2. The molecule has 5 nitrogen and oxygen atoms in total. The molecule has 2 fully saturated rings. The Morgan fingerprint density at radius 2 is 1.94 bits per heavy atom. The van der Waals surface area contributed by atoms with Crippen molar-refractivity contribution in [2.24, 2.45) is 11.8 Å². The van der Waals surface area contributed by atoms with E-state index in [0.717, 1.165) is 13.1 Å². The quantitative estimate of drug-likeness (QED) is 0.807. The van der Waals surface area contributed by atoms with E-state index < -0.39 is 10.0 Å². The highest BCUT2D eigenvalue weighted by Gasteiger charge is 2.54. The number of benzene rings is 1. The number of sulfonamides is 1. The predicted octanol–water partition coefficient (Wildman–Crippen LogP) is 0.0544. The summed E-state index contributed by atoms with van der Waals surface area (Å²) in [6, 6.07) is 8.22. The van der Waals surface area contributed by atoms with Crippen LogP contribution in [-0.4, -0.2) is 27.5 Å². The maximum absolute atomic E-state index is 12.2. The summed E-state index contributed by atoms with van der Waals surface area (Å²) < 4.78 is 27.1. The highest BCUT2D eigenvalue weighted by molar-refractivity contribution is 7.89. The van der Waals surface area contributed by atoms with Gasteiger partial charge in [0.1, 0.15) is 6.07 Å². The van der Waals surface area contributed by atoms with E-state index in [9.17, 15) is 8.42 Å². The minimum atomic E-state index is -3.58. The molecule has 2 N–H and O–H groups in total. The Labute approximate surface area is 106 Å². The Kier molecular flexibility index (Phi) is 2.63. The Morgan fingerprint density at radius 3 is 2.61 bits per heavy atom. The molecule has 0 amide bonds. The van der Waals surface area contributed by atoms with Gasteiger partial charge in [0.15, 0.2) is 0 Å². The van der Waals surface area contributed by atoms with Crippen molar-refractivity contribution in [2.75, 3.05) is 13.1 Å². The lowest BCUT2D eigenvalue weighted by Crippen LogP contribution is -2.32. The van der Waals surface area contributed by atoms with Crippen molar-refractivity contribution < 1.29 is 8.42 Å². The molecule has 2 unspecified atom stereocenters. The molecule has 1 aromatic carbocycles. The maximum Gasteiger partial charge on any atom is 0.242 e. The summed E-state index contributed by atoms with van der Waals surface area (Å²) in [7, 11) is -3.58. The Bertz CT molecular complexity index is 610. The second kappa shape index (κ2) is 4.05. The number of hydrogen-bond donors (Lipinski definition) is 2. The fourth-order valence-electron chi connectivity index (χ4n) is 2.63. The van der Waals surface area contributed by atoms with Gasteiger partial charge < -0.3 is 5.32 Å². The van der Waals surface area contributed by atoms with Crippen LogP contribution in [0.4, 0.5) is 0 Å². The van der Waals surface area contributed by atoms with Gasteiger partial charge in [-0.3, -0.25) is 0 Å². The third-order valence-corrected chi connectivity index (χ3v) is 5.20. The van der Waals surface area contributed by atoms with Crippen LogP contribution in [-0.2, 0) is 10.0 Å². The molecule has 3 rings (SSSR count). The van der Waals surface area contributed by atoms with E-state index in [1.165, 1.54) is 12.1 Å². The topological polar surface area (TPSA) is 82.0 Å². The summed E-state index contributed by atoms with van der Waals surface area (Å²) >= 11 is 0. The normalized spacial score (nSPS) is 29.6. The smallest absolute Gasteiger partial charge is 0.242 e. The Hall–Kier alpha value is -1.42. The van der Waals surface area contributed by atoms with Crippen LogP contribution in [0.3, 0.4) is 0 Å². The van der Waals surface area contributed by atoms with E-state index in [2.05, 4.69) is 10.0 Å². The molecule has 2 atom stereocenters. The first kappa shape index (κ1) is 11.7. The fourth-order valence-corrected chi connectivity index (χ4v) is 4.12. The zero-order valence-corrected chi connectivity index (χ0v) is 10.4. The molecule has 1 heterocycles. The average Bonchev–Trinajstić information content (AvgIpc) is 2.80. The fraction of sp³-hybridized carbons (Fsp3) is 0.417. The molecule has 0 radical (unpaired) electrons. The van der Waals surface area contributed by atoms with Crippen LogP contribution in [0.25, 0.3) is 0 Å². The van der Waals surface area contributed by atoms with Gasteiger partial charge in [0.05, 0.1) is 10.5 Å². The van der Waals surface area contributed by atoms with Crippen molar-refractivity contribution >= 4 is 10.0 Å². The van der Waals surface area contributed by atoms with Gasteiger partial charge in [0, 0.05) is 6.04 Å². The molecule has 1 aromatic rings. The first-order valence-electron chi connectivity index (χ1n) is 5.85. The highest BCUT2D eigenvalue weighted by Crippen LogP contribution is 2.42. The molecule has 2 aliphatic rings. The third-order valence-electron chi connectivity index (χ3n) is 3.68. The van der Waals surface area contributed by atoms with Crippen LogP contribution in [0.1, 0.15) is 5.56 Å². The van der Waals surface area contributed by atoms with Crippen molar-refractivity contribution in [3.63, 3.8) is 0 Å². The molecule has 0 aromatic heterocycles. The minimum absolute atomic E-state index is 0.0306. The van der Waals surface area contributed by atoms with Gasteiger partial charge in [0.2, 0.25) is 10.0 Å². The van der Waals surface area contributed by atoms with Gasteiger partial charge in [-0.25, -0.2) is 13.1 Å². The van der Waals surface area contributed by atoms with E-state index in [0.29, 0.717) is 11.8 Å². The monoisotopic (exact) mass is 263 g/mol. The summed E-state index contributed by atoms with van der Waals surface area (Å²) in [5.74, 6) is 0.822. The lowest BCUT2D eigenvalue weighted by atomic mass is 10.2. The zero-order valence-electron chi connectivity index (χ0n) is 9.63. The van der Waals surface area contributed by atoms with Gasteiger partial charge in [-0.05, 0) is 37.1 Å². The molecule has 1 saturated heterocycles. The standard InChI is InChI=1S/C12H13N3O2S/c13-5-8-3-1-2-4-11(8)18(16,17)15-12-9-6-14-7-10(9)12/h1-4,9-10,12,14-15H,6-7H2. The van der Waals surface area contributed by atoms with Crippen LogP contribution in [0.15, 0.2) is 29.2 Å². The van der Waals surface area contributed by atoms with Crippen molar-refractivity contribution in [2.45, 2.75) is 10.9 Å². The van der Waals surface area contributed by atoms with Crippen LogP contribution in [0.2, 0.25) is 0 Å². The van der Waals surface area contributed by atoms with Crippen molar-refractivity contribution in [3.05, 3.63) is 29.8 Å². The zero-order chi connectivity index (χ0) is 12.8. The van der Waals surface area contributed by atoms with Gasteiger partial charge in [-0.2, -0.15) is 5.26 Å². The van der Waals surface area contributed by atoms with E-state index in [4.69, 9.17) is 5.26 Å². The summed E-state index contributed by atoms with van der Waals surface area (Å²) in [6.45, 7) is 1.75. The number of piperidine rings is 1. The van der Waals surface area contributed by atoms with E-state index in [1.54, 1.807) is 12.1 Å². The van der Waals surface area contributed by atoms with Gasteiger partial charge in [-0.1, -0.05) is 12.1 Å². The Morgan fingerprint density at radius 1 is 1.28 bits per heavy atom. The molecule has 6 heteroatoms. The van der Waals surface area contributed by atoms with Crippen LogP contribution in [0, 0.1) is 23.2 Å². The lowest BCUT2D eigenvalue weighted by molar-refractivity contribution is 0.565. The SMILES string of the molecule is N#Cc1ccccc1S(=O)(=O)NC1C2CNCC21. The average molecular weight is 263 g/mol. The predicted molar refractivity (Wildman–Crippen MR) is 65.1 cm³/mol.